The summed E-state index contributed by atoms with van der Waals surface area (Å²) in [5.74, 6) is 1.10. The molecule has 0 atom stereocenters. The lowest BCUT2D eigenvalue weighted by Gasteiger charge is -2.36. The summed E-state index contributed by atoms with van der Waals surface area (Å²) in [4.78, 5) is 37.8. The monoisotopic (exact) mass is 497 g/mol. The molecular formula is C30H47N3O3. The molecule has 2 aliphatic rings. The molecule has 0 aromatic heterocycles. The fourth-order valence-corrected chi connectivity index (χ4v) is 5.98. The number of benzene rings is 1. The molecule has 0 aliphatic heterocycles. The first-order chi connectivity index (χ1) is 16.7. The zero-order valence-corrected chi connectivity index (χ0v) is 23.4. The van der Waals surface area contributed by atoms with E-state index in [0.717, 1.165) is 51.4 Å². The van der Waals surface area contributed by atoms with Crippen LogP contribution in [0.4, 0.5) is 17.1 Å². The standard InChI is InChI=1S/C30H47N3O3/c1-19(34)31-24-16-25(32-27(35)20-8-12-22(13-9-20)29(2,3)4)18-26(17-24)33-28(36)21-10-14-23(15-11-21)30(5,6)7/h16-18,20-23H,8-15H2,1-7H3,(H,31,34)(H,32,35)(H,33,36)/t20-,21-,22+,23+. The SMILES string of the molecule is CC(=O)Nc1cc(NC(=O)[C@H]2CC[C@@H](C(C)(C)C)CC2)cc(NC(=O)[C@H]2CC[C@@H](C(C)(C)C)CC2)c1. The molecule has 3 N–H and O–H groups in total. The summed E-state index contributed by atoms with van der Waals surface area (Å²) in [6, 6.07) is 5.30. The van der Waals surface area contributed by atoms with Crippen LogP contribution in [-0.4, -0.2) is 17.7 Å². The normalized spacial score (nSPS) is 25.1. The van der Waals surface area contributed by atoms with Gasteiger partial charge in [0.1, 0.15) is 0 Å². The first-order valence-electron chi connectivity index (χ1n) is 13.8. The van der Waals surface area contributed by atoms with E-state index in [2.05, 4.69) is 57.5 Å². The third-order valence-electron chi connectivity index (χ3n) is 8.43. The molecule has 1 aromatic carbocycles. The van der Waals surface area contributed by atoms with Gasteiger partial charge in [-0.05, 0) is 92.2 Å². The second-order valence-electron chi connectivity index (χ2n) is 13.3. The molecule has 0 spiro atoms. The van der Waals surface area contributed by atoms with Crippen molar-refractivity contribution in [1.29, 1.82) is 0 Å². The van der Waals surface area contributed by atoms with Crippen LogP contribution in [0.2, 0.25) is 0 Å². The highest BCUT2D eigenvalue weighted by atomic mass is 16.2. The minimum Gasteiger partial charge on any atom is -0.326 e. The van der Waals surface area contributed by atoms with Gasteiger partial charge in [0.2, 0.25) is 17.7 Å². The molecule has 2 saturated carbocycles. The predicted molar refractivity (Wildman–Crippen MR) is 148 cm³/mol. The maximum Gasteiger partial charge on any atom is 0.227 e. The lowest BCUT2D eigenvalue weighted by molar-refractivity contribution is -0.122. The van der Waals surface area contributed by atoms with Crippen molar-refractivity contribution in [3.63, 3.8) is 0 Å². The van der Waals surface area contributed by atoms with E-state index in [1.165, 1.54) is 6.92 Å². The fourth-order valence-electron chi connectivity index (χ4n) is 5.98. The topological polar surface area (TPSA) is 87.3 Å². The van der Waals surface area contributed by atoms with Crippen LogP contribution in [0.25, 0.3) is 0 Å². The third kappa shape index (κ3) is 7.81. The van der Waals surface area contributed by atoms with E-state index >= 15 is 0 Å². The van der Waals surface area contributed by atoms with Gasteiger partial charge in [-0.3, -0.25) is 14.4 Å². The van der Waals surface area contributed by atoms with Crippen LogP contribution in [0, 0.1) is 34.5 Å². The van der Waals surface area contributed by atoms with E-state index < -0.39 is 0 Å². The van der Waals surface area contributed by atoms with Gasteiger partial charge >= 0.3 is 0 Å². The van der Waals surface area contributed by atoms with Crippen molar-refractivity contribution in [3.05, 3.63) is 18.2 Å². The van der Waals surface area contributed by atoms with E-state index in [-0.39, 0.29) is 40.4 Å². The number of anilines is 3. The maximum atomic E-state index is 13.1. The molecule has 6 nitrogen and oxygen atoms in total. The van der Waals surface area contributed by atoms with Gasteiger partial charge in [-0.2, -0.15) is 0 Å². The Morgan fingerprint density at radius 3 is 1.17 bits per heavy atom. The van der Waals surface area contributed by atoms with Gasteiger partial charge in [0.15, 0.2) is 0 Å². The number of nitrogens with one attached hydrogen (secondary N) is 3. The largest absolute Gasteiger partial charge is 0.326 e. The summed E-state index contributed by atoms with van der Waals surface area (Å²) < 4.78 is 0. The lowest BCUT2D eigenvalue weighted by atomic mass is 9.69. The quantitative estimate of drug-likeness (QED) is 0.401. The molecule has 36 heavy (non-hydrogen) atoms. The second-order valence-corrected chi connectivity index (χ2v) is 13.3. The van der Waals surface area contributed by atoms with E-state index in [1.54, 1.807) is 18.2 Å². The molecule has 2 aliphatic carbocycles. The van der Waals surface area contributed by atoms with Crippen LogP contribution >= 0.6 is 0 Å². The van der Waals surface area contributed by atoms with Gasteiger partial charge in [-0.15, -0.1) is 0 Å². The summed E-state index contributed by atoms with van der Waals surface area (Å²) in [7, 11) is 0. The third-order valence-corrected chi connectivity index (χ3v) is 8.43. The number of carbonyl (C=O) groups excluding carboxylic acids is 3. The minimum atomic E-state index is -0.197. The van der Waals surface area contributed by atoms with E-state index in [9.17, 15) is 14.4 Å². The Bertz CT molecular complexity index is 875. The molecule has 3 amide bonds. The Balaban J connectivity index is 1.65. The highest BCUT2D eigenvalue weighted by molar-refractivity contribution is 5.98. The Hall–Kier alpha value is -2.37. The number of hydrogen-bond donors (Lipinski definition) is 3. The minimum absolute atomic E-state index is 0.0101. The molecule has 0 saturated heterocycles. The van der Waals surface area contributed by atoms with E-state index in [0.29, 0.717) is 28.9 Å². The Morgan fingerprint density at radius 2 is 0.889 bits per heavy atom. The number of amides is 3. The van der Waals surface area contributed by atoms with Crippen LogP contribution in [0.1, 0.15) is 99.8 Å². The number of hydrogen-bond acceptors (Lipinski definition) is 3. The first-order valence-corrected chi connectivity index (χ1v) is 13.8. The van der Waals surface area contributed by atoms with Crippen molar-refractivity contribution in [3.8, 4) is 0 Å². The van der Waals surface area contributed by atoms with Crippen molar-refractivity contribution in [2.75, 3.05) is 16.0 Å². The average Bonchev–Trinajstić information content (AvgIpc) is 2.77. The van der Waals surface area contributed by atoms with Gasteiger partial charge in [0.05, 0.1) is 0 Å². The highest BCUT2D eigenvalue weighted by Crippen LogP contribution is 2.41. The molecule has 0 heterocycles. The summed E-state index contributed by atoms with van der Waals surface area (Å²) >= 11 is 0. The van der Waals surface area contributed by atoms with Gasteiger partial charge in [0.25, 0.3) is 0 Å². The van der Waals surface area contributed by atoms with E-state index in [4.69, 9.17) is 0 Å². The summed E-state index contributed by atoms with van der Waals surface area (Å²) in [6.07, 6.45) is 7.80. The van der Waals surface area contributed by atoms with Crippen molar-refractivity contribution < 1.29 is 14.4 Å². The molecule has 0 unspecified atom stereocenters. The first kappa shape index (κ1) is 28.2. The average molecular weight is 498 g/mol. The van der Waals surface area contributed by atoms with Crippen LogP contribution in [0.15, 0.2) is 18.2 Å². The van der Waals surface area contributed by atoms with E-state index in [1.807, 2.05) is 0 Å². The molecule has 200 valence electrons. The smallest absolute Gasteiger partial charge is 0.227 e. The van der Waals surface area contributed by atoms with Crippen molar-refractivity contribution in [2.24, 2.45) is 34.5 Å². The fraction of sp³-hybridized carbons (Fsp3) is 0.700. The van der Waals surface area contributed by atoms with Crippen molar-refractivity contribution >= 4 is 34.8 Å². The Kier molecular flexibility index (Phi) is 8.89. The lowest BCUT2D eigenvalue weighted by Crippen LogP contribution is -2.32. The van der Waals surface area contributed by atoms with Crippen LogP contribution in [0.5, 0.6) is 0 Å². The summed E-state index contributed by atoms with van der Waals surface area (Å²) in [5.41, 5.74) is 2.29. The molecule has 1 aromatic rings. The highest BCUT2D eigenvalue weighted by Gasteiger charge is 2.33. The zero-order valence-electron chi connectivity index (χ0n) is 23.4. The van der Waals surface area contributed by atoms with Crippen LogP contribution < -0.4 is 16.0 Å². The maximum absolute atomic E-state index is 13.1. The van der Waals surface area contributed by atoms with Crippen molar-refractivity contribution in [1.82, 2.24) is 0 Å². The molecule has 0 bridgehead atoms. The predicted octanol–water partition coefficient (Wildman–Crippen LogP) is 7.23. The molecule has 6 heteroatoms. The number of rotatable bonds is 5. The van der Waals surface area contributed by atoms with Gasteiger partial charge in [0, 0.05) is 35.8 Å². The molecule has 3 rings (SSSR count). The summed E-state index contributed by atoms with van der Waals surface area (Å²) in [5, 5.41) is 8.90. The van der Waals surface area contributed by atoms with Gasteiger partial charge in [-0.1, -0.05) is 41.5 Å². The second kappa shape index (κ2) is 11.4. The molecule has 0 radical (unpaired) electrons. The zero-order chi connectivity index (χ0) is 26.7. The summed E-state index contributed by atoms with van der Waals surface area (Å²) in [6.45, 7) is 15.1. The van der Waals surface area contributed by atoms with Gasteiger partial charge in [-0.25, -0.2) is 0 Å². The van der Waals surface area contributed by atoms with Gasteiger partial charge < -0.3 is 16.0 Å². The van der Waals surface area contributed by atoms with Crippen LogP contribution in [0.3, 0.4) is 0 Å². The Labute approximate surface area is 217 Å². The Morgan fingerprint density at radius 1 is 0.583 bits per heavy atom. The molecule has 2 fully saturated rings. The van der Waals surface area contributed by atoms with Crippen LogP contribution in [-0.2, 0) is 14.4 Å². The molecular weight excluding hydrogens is 450 g/mol. The van der Waals surface area contributed by atoms with Crippen molar-refractivity contribution in [2.45, 2.75) is 99.8 Å². The number of carbonyl (C=O) groups is 3.